The molecule has 31 heavy (non-hydrogen) atoms. The Balaban J connectivity index is 1.46. The van der Waals surface area contributed by atoms with Gasteiger partial charge >= 0.3 is 0 Å². The Bertz CT molecular complexity index is 1080. The smallest absolute Gasteiger partial charge is 0.189 e. The van der Waals surface area contributed by atoms with Crippen LogP contribution in [0.25, 0.3) is 11.1 Å². The highest BCUT2D eigenvalue weighted by Crippen LogP contribution is 2.75. The number of fused-ring (bicyclic) bond motifs is 3. The van der Waals surface area contributed by atoms with Crippen LogP contribution in [-0.2, 0) is 30.7 Å². The quantitative estimate of drug-likeness (QED) is 0.220. The van der Waals surface area contributed by atoms with Crippen molar-refractivity contribution < 1.29 is 9.88 Å². The Morgan fingerprint density at radius 1 is 0.935 bits per heavy atom. The van der Waals surface area contributed by atoms with Gasteiger partial charge < -0.3 is 4.89 Å². The molecule has 3 aliphatic carbocycles. The average molecular weight is 547 g/mol. The summed E-state index contributed by atoms with van der Waals surface area (Å²) in [5.74, 6) is 0.840. The molecule has 4 aliphatic rings. The van der Waals surface area contributed by atoms with Gasteiger partial charge in [0.25, 0.3) is 0 Å². The van der Waals surface area contributed by atoms with E-state index >= 15 is 0 Å². The molecule has 1 saturated heterocycles. The van der Waals surface area contributed by atoms with Crippen LogP contribution in [0.4, 0.5) is 0 Å². The van der Waals surface area contributed by atoms with Gasteiger partial charge in [0.2, 0.25) is 0 Å². The van der Waals surface area contributed by atoms with Crippen LogP contribution in [0.15, 0.2) is 27.1 Å². The SMILES string of the molecule is CCC12CC1(C)N2OOc1c(Br)cc2c(c1-c1cc(Br)cc3c1CCCC3)CCCC2. The van der Waals surface area contributed by atoms with Gasteiger partial charge in [0.05, 0.1) is 15.6 Å². The molecule has 2 aromatic carbocycles. The Kier molecular flexibility index (Phi) is 4.88. The number of hydroxylamine groups is 2. The van der Waals surface area contributed by atoms with Crippen molar-refractivity contribution in [2.75, 3.05) is 0 Å². The van der Waals surface area contributed by atoms with Crippen molar-refractivity contribution in [2.24, 2.45) is 0 Å². The van der Waals surface area contributed by atoms with Gasteiger partial charge in [0.15, 0.2) is 5.75 Å². The monoisotopic (exact) mass is 545 g/mol. The molecule has 1 aliphatic heterocycles. The summed E-state index contributed by atoms with van der Waals surface area (Å²) in [6.07, 6.45) is 11.9. The number of aryl methyl sites for hydroxylation is 2. The second-order valence-corrected chi connectivity index (χ2v) is 11.8. The van der Waals surface area contributed by atoms with Gasteiger partial charge in [-0.1, -0.05) is 27.8 Å². The van der Waals surface area contributed by atoms with Crippen molar-refractivity contribution in [3.63, 3.8) is 0 Å². The van der Waals surface area contributed by atoms with Gasteiger partial charge in [-0.25, -0.2) is 0 Å². The van der Waals surface area contributed by atoms with E-state index < -0.39 is 0 Å². The Hall–Kier alpha value is -0.880. The van der Waals surface area contributed by atoms with Crippen LogP contribution in [0.5, 0.6) is 5.75 Å². The molecule has 1 saturated carbocycles. The average Bonchev–Trinajstić information content (AvgIpc) is 3.56. The third kappa shape index (κ3) is 3.03. The van der Waals surface area contributed by atoms with Crippen molar-refractivity contribution in [2.45, 2.75) is 89.1 Å². The van der Waals surface area contributed by atoms with Gasteiger partial charge in [-0.05, 0) is 133 Å². The molecule has 2 aromatic rings. The molecule has 0 N–H and O–H groups in total. The van der Waals surface area contributed by atoms with Crippen molar-refractivity contribution in [3.05, 3.63) is 49.4 Å². The summed E-state index contributed by atoms with van der Waals surface area (Å²) >= 11 is 7.64. The van der Waals surface area contributed by atoms with E-state index in [4.69, 9.17) is 9.88 Å². The van der Waals surface area contributed by atoms with E-state index in [0.29, 0.717) is 0 Å². The minimum absolute atomic E-state index is 0.164. The van der Waals surface area contributed by atoms with E-state index in [0.717, 1.165) is 46.8 Å². The lowest BCUT2D eigenvalue weighted by molar-refractivity contribution is -0.353. The summed E-state index contributed by atoms with van der Waals surface area (Å²) in [5, 5.41) is 2.06. The molecule has 3 nitrogen and oxygen atoms in total. The number of benzene rings is 2. The standard InChI is InChI=1S/C26H29Br2NO2/c1-3-26-15-25(26,2)29(26)31-30-24-22(28)13-17-9-5-7-11-20(17)23(24)21-14-18(27)12-16-8-4-6-10-19(16)21/h12-14H,3-11,15H2,1-2H3. The van der Waals surface area contributed by atoms with Crippen LogP contribution in [0, 0.1) is 0 Å². The molecule has 2 fully saturated rings. The third-order valence-electron chi connectivity index (χ3n) is 8.34. The predicted molar refractivity (Wildman–Crippen MR) is 130 cm³/mol. The first-order valence-electron chi connectivity index (χ1n) is 11.8. The molecule has 5 heteroatoms. The first-order chi connectivity index (χ1) is 15.0. The van der Waals surface area contributed by atoms with Crippen molar-refractivity contribution in [1.29, 1.82) is 0 Å². The molecule has 164 valence electrons. The van der Waals surface area contributed by atoms with Gasteiger partial charge in [0, 0.05) is 10.0 Å². The molecular formula is C26H29Br2NO2. The third-order valence-corrected chi connectivity index (χ3v) is 9.38. The largest absolute Gasteiger partial charge is 0.317 e. The Morgan fingerprint density at radius 3 is 2.29 bits per heavy atom. The van der Waals surface area contributed by atoms with Gasteiger partial charge in [-0.3, -0.25) is 0 Å². The molecule has 3 atom stereocenters. The summed E-state index contributed by atoms with van der Waals surface area (Å²) in [7, 11) is 0. The maximum Gasteiger partial charge on any atom is 0.189 e. The second-order valence-electron chi connectivity index (χ2n) is 9.99. The first kappa shape index (κ1) is 20.7. The molecule has 0 amide bonds. The molecule has 0 radical (unpaired) electrons. The van der Waals surface area contributed by atoms with E-state index in [9.17, 15) is 0 Å². The number of hydrogen-bond donors (Lipinski definition) is 0. The summed E-state index contributed by atoms with van der Waals surface area (Å²) < 4.78 is 2.16. The van der Waals surface area contributed by atoms with E-state index in [1.165, 1.54) is 65.5 Å². The van der Waals surface area contributed by atoms with E-state index in [-0.39, 0.29) is 11.1 Å². The van der Waals surface area contributed by atoms with Crippen LogP contribution in [0.2, 0.25) is 0 Å². The maximum atomic E-state index is 6.20. The Labute approximate surface area is 201 Å². The molecule has 0 bridgehead atoms. The zero-order chi connectivity index (χ0) is 21.4. The number of halogens is 2. The Morgan fingerprint density at radius 2 is 1.61 bits per heavy atom. The van der Waals surface area contributed by atoms with Crippen molar-refractivity contribution in [1.82, 2.24) is 5.06 Å². The lowest BCUT2D eigenvalue weighted by Crippen LogP contribution is -2.23. The summed E-state index contributed by atoms with van der Waals surface area (Å²) in [6, 6.07) is 6.88. The van der Waals surface area contributed by atoms with Gasteiger partial charge in [0.1, 0.15) is 0 Å². The first-order valence-corrected chi connectivity index (χ1v) is 13.4. The second kappa shape index (κ2) is 7.31. The summed E-state index contributed by atoms with van der Waals surface area (Å²) in [6.45, 7) is 4.51. The zero-order valence-electron chi connectivity index (χ0n) is 18.3. The maximum absolute atomic E-state index is 6.20. The van der Waals surface area contributed by atoms with Crippen molar-refractivity contribution in [3.8, 4) is 16.9 Å². The van der Waals surface area contributed by atoms with E-state index in [2.05, 4.69) is 69.0 Å². The zero-order valence-corrected chi connectivity index (χ0v) is 21.5. The lowest BCUT2D eigenvalue weighted by Gasteiger charge is -2.27. The van der Waals surface area contributed by atoms with Crippen LogP contribution in [0.3, 0.4) is 0 Å². The minimum atomic E-state index is 0.164. The highest BCUT2D eigenvalue weighted by Gasteiger charge is 2.89. The van der Waals surface area contributed by atoms with Crippen LogP contribution < -0.4 is 4.89 Å². The molecular weight excluding hydrogens is 518 g/mol. The molecule has 0 spiro atoms. The van der Waals surface area contributed by atoms with Gasteiger partial charge in [-0.2, -0.15) is 0 Å². The normalized spacial score (nSPS) is 30.3. The molecule has 3 unspecified atom stereocenters. The fourth-order valence-corrected chi connectivity index (χ4v) is 7.37. The van der Waals surface area contributed by atoms with Crippen LogP contribution in [0.1, 0.15) is 74.6 Å². The number of nitrogens with zero attached hydrogens (tertiary/aromatic N) is 1. The number of rotatable bonds is 5. The summed E-state index contributed by atoms with van der Waals surface area (Å²) in [4.78, 5) is 12.2. The molecule has 0 aromatic heterocycles. The topological polar surface area (TPSA) is 21.5 Å². The molecule has 1 heterocycles. The van der Waals surface area contributed by atoms with E-state index in [1.54, 1.807) is 0 Å². The van der Waals surface area contributed by atoms with Crippen molar-refractivity contribution >= 4 is 31.9 Å². The van der Waals surface area contributed by atoms with E-state index in [1.807, 2.05) is 0 Å². The predicted octanol–water partition coefficient (Wildman–Crippen LogP) is 7.49. The van der Waals surface area contributed by atoms with Gasteiger partial charge in [-0.15, -0.1) is 5.06 Å². The lowest BCUT2D eigenvalue weighted by atomic mass is 9.80. The fourth-order valence-electron chi connectivity index (χ4n) is 6.33. The van der Waals surface area contributed by atoms with Crippen LogP contribution >= 0.6 is 31.9 Å². The van der Waals surface area contributed by atoms with Crippen LogP contribution in [-0.4, -0.2) is 16.1 Å². The molecule has 6 rings (SSSR count). The highest BCUT2D eigenvalue weighted by atomic mass is 79.9. The highest BCUT2D eigenvalue weighted by molar-refractivity contribution is 9.10. The number of hydrogen-bond acceptors (Lipinski definition) is 3. The minimum Gasteiger partial charge on any atom is -0.317 e. The summed E-state index contributed by atoms with van der Waals surface area (Å²) in [5.41, 5.74) is 8.82. The fraction of sp³-hybridized carbons (Fsp3) is 0.538.